The molecule has 1 aliphatic heterocycles. The van der Waals surface area contributed by atoms with Gasteiger partial charge in [-0.25, -0.2) is 9.69 Å². The molecule has 1 fully saturated rings. The van der Waals surface area contributed by atoms with Gasteiger partial charge >= 0.3 is 12.0 Å². The van der Waals surface area contributed by atoms with Crippen LogP contribution in [0, 0.1) is 11.5 Å². The van der Waals surface area contributed by atoms with Gasteiger partial charge in [0.05, 0.1) is 6.54 Å². The molecule has 76 valence electrons. The molecule has 4 nitrogen and oxygen atoms in total. The molecule has 0 spiro atoms. The second kappa shape index (κ2) is 3.84. The van der Waals surface area contributed by atoms with Crippen molar-refractivity contribution in [3.05, 3.63) is 0 Å². The van der Waals surface area contributed by atoms with Crippen molar-refractivity contribution in [3.63, 3.8) is 0 Å². The minimum absolute atomic E-state index is 0.277. The Labute approximate surface area is 84.2 Å². The molecule has 0 aromatic rings. The Morgan fingerprint density at radius 1 is 1.50 bits per heavy atom. The normalized spacial score (nSPS) is 15.9. The van der Waals surface area contributed by atoms with Gasteiger partial charge in [-0.15, -0.1) is 5.54 Å². The number of amides is 2. The van der Waals surface area contributed by atoms with E-state index in [0.29, 0.717) is 6.54 Å². The van der Waals surface area contributed by atoms with Gasteiger partial charge in [0, 0.05) is 0 Å². The molecule has 0 aromatic heterocycles. The molecule has 0 bridgehead atoms. The molecule has 1 heterocycles. The zero-order valence-corrected chi connectivity index (χ0v) is 9.59. The molecule has 0 N–H and O–H groups in total. The molecule has 0 aromatic carbocycles. The highest BCUT2D eigenvalue weighted by Crippen LogP contribution is 2.03. The number of hydrogen-bond donors (Lipinski definition) is 0. The SMILES string of the molecule is C[Si](C)(C)C#CC(=O)N1CCOC1=O. The van der Waals surface area contributed by atoms with Crippen LogP contribution in [0.25, 0.3) is 0 Å². The van der Waals surface area contributed by atoms with Crippen LogP contribution in [0.15, 0.2) is 0 Å². The summed E-state index contributed by atoms with van der Waals surface area (Å²) in [5.74, 6) is 2.04. The first-order valence-electron chi connectivity index (χ1n) is 4.41. The van der Waals surface area contributed by atoms with Gasteiger partial charge in [-0.3, -0.25) is 4.79 Å². The van der Waals surface area contributed by atoms with Crippen LogP contribution in [-0.4, -0.2) is 38.1 Å². The summed E-state index contributed by atoms with van der Waals surface area (Å²) in [4.78, 5) is 23.4. The molecule has 0 saturated carbocycles. The van der Waals surface area contributed by atoms with Crippen molar-refractivity contribution in [2.75, 3.05) is 13.2 Å². The van der Waals surface area contributed by atoms with Crippen LogP contribution in [0.2, 0.25) is 19.6 Å². The minimum atomic E-state index is -1.55. The van der Waals surface area contributed by atoms with Crippen LogP contribution in [0.1, 0.15) is 0 Å². The third-order valence-electron chi connectivity index (χ3n) is 1.55. The van der Waals surface area contributed by atoms with Crippen LogP contribution in [0.5, 0.6) is 0 Å². The van der Waals surface area contributed by atoms with E-state index in [1.54, 1.807) is 0 Å². The van der Waals surface area contributed by atoms with Crippen molar-refractivity contribution in [3.8, 4) is 11.5 Å². The molecule has 0 atom stereocenters. The van der Waals surface area contributed by atoms with E-state index in [1.807, 2.05) is 19.6 Å². The van der Waals surface area contributed by atoms with Gasteiger partial charge in [0.1, 0.15) is 14.7 Å². The van der Waals surface area contributed by atoms with Crippen molar-refractivity contribution in [2.45, 2.75) is 19.6 Å². The number of rotatable bonds is 0. The average molecular weight is 211 g/mol. The molecule has 1 aliphatic rings. The van der Waals surface area contributed by atoms with Gasteiger partial charge in [0.25, 0.3) is 0 Å². The van der Waals surface area contributed by atoms with Crippen LogP contribution in [0.3, 0.4) is 0 Å². The van der Waals surface area contributed by atoms with Gasteiger partial charge in [-0.1, -0.05) is 19.6 Å². The summed E-state index contributed by atoms with van der Waals surface area (Å²) in [6.07, 6.45) is -0.583. The third kappa shape index (κ3) is 2.89. The van der Waals surface area contributed by atoms with Crippen molar-refractivity contribution in [2.24, 2.45) is 0 Å². The first-order valence-corrected chi connectivity index (χ1v) is 7.91. The molecular weight excluding hydrogens is 198 g/mol. The fourth-order valence-corrected chi connectivity index (χ4v) is 1.37. The molecule has 0 aliphatic carbocycles. The lowest BCUT2D eigenvalue weighted by atomic mass is 10.5. The molecule has 2 amide bonds. The highest BCUT2D eigenvalue weighted by Gasteiger charge is 2.27. The molecule has 5 heteroatoms. The quantitative estimate of drug-likeness (QED) is 0.441. The smallest absolute Gasteiger partial charge is 0.417 e. The summed E-state index contributed by atoms with van der Waals surface area (Å²) in [6, 6.07) is 0. The number of imide groups is 1. The zero-order valence-electron chi connectivity index (χ0n) is 8.59. The Hall–Kier alpha value is -1.28. The lowest BCUT2D eigenvalue weighted by molar-refractivity contribution is -0.121. The summed E-state index contributed by atoms with van der Waals surface area (Å²) in [6.45, 7) is 6.71. The number of hydrogen-bond acceptors (Lipinski definition) is 3. The number of carbonyl (C=O) groups excluding carboxylic acids is 2. The fourth-order valence-electron chi connectivity index (χ4n) is 0.886. The minimum Gasteiger partial charge on any atom is -0.447 e. The summed E-state index contributed by atoms with van der Waals surface area (Å²) in [7, 11) is -1.55. The van der Waals surface area contributed by atoms with Crippen molar-refractivity contribution >= 4 is 20.1 Å². The average Bonchev–Trinajstić information content (AvgIpc) is 2.46. The van der Waals surface area contributed by atoms with E-state index in [1.165, 1.54) is 0 Å². The maximum atomic E-state index is 11.4. The molecule has 1 rings (SSSR count). The highest BCUT2D eigenvalue weighted by atomic mass is 28.3. The van der Waals surface area contributed by atoms with E-state index < -0.39 is 20.1 Å². The molecule has 1 saturated heterocycles. The summed E-state index contributed by atoms with van der Waals surface area (Å²) in [5.41, 5.74) is 2.91. The maximum Gasteiger partial charge on any atom is 0.417 e. The van der Waals surface area contributed by atoms with Crippen LogP contribution in [0.4, 0.5) is 4.79 Å². The van der Waals surface area contributed by atoms with E-state index in [4.69, 9.17) is 0 Å². The van der Waals surface area contributed by atoms with Gasteiger partial charge in [-0.05, 0) is 5.92 Å². The van der Waals surface area contributed by atoms with E-state index in [-0.39, 0.29) is 6.61 Å². The predicted octanol–water partition coefficient (Wildman–Crippen LogP) is 0.846. The Kier molecular flexibility index (Phi) is 2.96. The zero-order chi connectivity index (χ0) is 10.8. The molecular formula is C9H13NO3Si. The first kappa shape index (κ1) is 10.8. The second-order valence-corrected chi connectivity index (χ2v) is 8.82. The molecule has 0 unspecified atom stereocenters. The predicted molar refractivity (Wildman–Crippen MR) is 54.2 cm³/mol. The van der Waals surface area contributed by atoms with Crippen molar-refractivity contribution in [1.29, 1.82) is 0 Å². The topological polar surface area (TPSA) is 46.6 Å². The van der Waals surface area contributed by atoms with E-state index >= 15 is 0 Å². The lowest BCUT2D eigenvalue weighted by Crippen LogP contribution is -2.31. The van der Waals surface area contributed by atoms with Crippen molar-refractivity contribution in [1.82, 2.24) is 4.90 Å². The van der Waals surface area contributed by atoms with E-state index in [2.05, 4.69) is 16.2 Å². The largest absolute Gasteiger partial charge is 0.447 e. The van der Waals surface area contributed by atoms with Gasteiger partial charge < -0.3 is 4.74 Å². The van der Waals surface area contributed by atoms with Crippen molar-refractivity contribution < 1.29 is 14.3 Å². The van der Waals surface area contributed by atoms with Crippen LogP contribution in [-0.2, 0) is 9.53 Å². The summed E-state index contributed by atoms with van der Waals surface area (Å²) < 4.78 is 4.63. The number of carbonyl (C=O) groups is 2. The number of ether oxygens (including phenoxy) is 1. The number of nitrogens with zero attached hydrogens (tertiary/aromatic N) is 1. The van der Waals surface area contributed by atoms with Crippen LogP contribution >= 0.6 is 0 Å². The van der Waals surface area contributed by atoms with E-state index in [9.17, 15) is 9.59 Å². The first-order chi connectivity index (χ1) is 6.40. The molecule has 0 radical (unpaired) electrons. The van der Waals surface area contributed by atoms with Crippen LogP contribution < -0.4 is 0 Å². The summed E-state index contributed by atoms with van der Waals surface area (Å²) >= 11 is 0. The maximum absolute atomic E-state index is 11.4. The Bertz CT molecular complexity index is 321. The number of cyclic esters (lactones) is 1. The van der Waals surface area contributed by atoms with Gasteiger partial charge in [0.15, 0.2) is 0 Å². The standard InChI is InChI=1S/C9H13NO3Si/c1-14(2,3)7-4-8(11)10-5-6-13-9(10)12/h5-6H2,1-3H3. The van der Waals surface area contributed by atoms with E-state index in [0.717, 1.165) is 4.90 Å². The third-order valence-corrected chi connectivity index (χ3v) is 2.43. The Balaban J connectivity index is 2.66. The molecule has 14 heavy (non-hydrogen) atoms. The summed E-state index contributed by atoms with van der Waals surface area (Å²) in [5, 5.41) is 0. The monoisotopic (exact) mass is 211 g/mol. The lowest BCUT2D eigenvalue weighted by Gasteiger charge is -2.06. The Morgan fingerprint density at radius 3 is 2.57 bits per heavy atom. The van der Waals surface area contributed by atoms with Gasteiger partial charge in [0.2, 0.25) is 0 Å². The Morgan fingerprint density at radius 2 is 2.14 bits per heavy atom. The van der Waals surface area contributed by atoms with Gasteiger partial charge in [-0.2, -0.15) is 0 Å². The second-order valence-electron chi connectivity index (χ2n) is 4.07. The highest BCUT2D eigenvalue weighted by molar-refractivity contribution is 6.84. The fraction of sp³-hybridized carbons (Fsp3) is 0.556.